The van der Waals surface area contributed by atoms with Gasteiger partial charge in [0.15, 0.2) is 11.6 Å². The highest BCUT2D eigenvalue weighted by molar-refractivity contribution is 9.09. The molecule has 4 nitrogen and oxygen atoms in total. The highest BCUT2D eigenvalue weighted by Crippen LogP contribution is 2.26. The molecule has 0 saturated heterocycles. The number of halogens is 2. The van der Waals surface area contributed by atoms with Crippen molar-refractivity contribution < 1.29 is 14.1 Å². The van der Waals surface area contributed by atoms with Gasteiger partial charge in [0, 0.05) is 10.9 Å². The average molecular weight is 292 g/mol. The second-order valence-electron chi connectivity index (χ2n) is 3.22. The maximum atomic E-state index is 13.4. The molecule has 0 aliphatic rings. The molecule has 16 heavy (non-hydrogen) atoms. The second kappa shape index (κ2) is 5.79. The number of aryl methyl sites for hydroxylation is 1. The first-order chi connectivity index (χ1) is 7.56. The molecule has 0 atom stereocenters. The molecule has 1 rings (SSSR count). The van der Waals surface area contributed by atoms with E-state index in [-0.39, 0.29) is 11.4 Å². The molecule has 0 heterocycles. The van der Waals surface area contributed by atoms with E-state index < -0.39 is 10.7 Å². The molecule has 0 amide bonds. The van der Waals surface area contributed by atoms with Crippen LogP contribution >= 0.6 is 15.9 Å². The number of nitro groups is 1. The standard InChI is InChI=1S/C10H11BrFNO3/c1-7-5-10(16-4-2-3-11)8(12)6-9(7)13(14)15/h5-6H,2-4H2,1H3. The Hall–Kier alpha value is -1.17. The minimum absolute atomic E-state index is 0.0593. The highest BCUT2D eigenvalue weighted by Gasteiger charge is 2.15. The molecule has 0 bridgehead atoms. The predicted octanol–water partition coefficient (Wildman–Crippen LogP) is 3.21. The van der Waals surface area contributed by atoms with Crippen LogP contribution < -0.4 is 4.74 Å². The molecule has 0 unspecified atom stereocenters. The van der Waals surface area contributed by atoms with Crippen LogP contribution in [0.1, 0.15) is 12.0 Å². The Morgan fingerprint density at radius 1 is 1.56 bits per heavy atom. The third-order valence-corrected chi connectivity index (χ3v) is 2.54. The van der Waals surface area contributed by atoms with Crippen molar-refractivity contribution in [1.82, 2.24) is 0 Å². The molecule has 0 aliphatic heterocycles. The smallest absolute Gasteiger partial charge is 0.275 e. The number of alkyl halides is 1. The van der Waals surface area contributed by atoms with Crippen molar-refractivity contribution >= 4 is 21.6 Å². The molecule has 0 fully saturated rings. The molecule has 0 N–H and O–H groups in total. The van der Waals surface area contributed by atoms with Crippen LogP contribution in [0.15, 0.2) is 12.1 Å². The molecule has 0 spiro atoms. The summed E-state index contributed by atoms with van der Waals surface area (Å²) >= 11 is 3.22. The van der Waals surface area contributed by atoms with E-state index in [9.17, 15) is 14.5 Å². The minimum Gasteiger partial charge on any atom is -0.490 e. The number of nitro benzene ring substituents is 1. The van der Waals surface area contributed by atoms with Crippen molar-refractivity contribution in [3.05, 3.63) is 33.6 Å². The van der Waals surface area contributed by atoms with Crippen LogP contribution in [-0.2, 0) is 0 Å². The Balaban J connectivity index is 2.88. The zero-order valence-electron chi connectivity index (χ0n) is 8.70. The van der Waals surface area contributed by atoms with Crippen molar-refractivity contribution in [2.75, 3.05) is 11.9 Å². The molecule has 1 aromatic rings. The van der Waals surface area contributed by atoms with Gasteiger partial charge in [-0.15, -0.1) is 0 Å². The van der Waals surface area contributed by atoms with Crippen molar-refractivity contribution in [3.63, 3.8) is 0 Å². The molecule has 0 aliphatic carbocycles. The van der Waals surface area contributed by atoms with Crippen molar-refractivity contribution in [1.29, 1.82) is 0 Å². The largest absolute Gasteiger partial charge is 0.490 e. The Morgan fingerprint density at radius 2 is 2.25 bits per heavy atom. The zero-order chi connectivity index (χ0) is 12.1. The van der Waals surface area contributed by atoms with E-state index >= 15 is 0 Å². The van der Waals surface area contributed by atoms with Gasteiger partial charge in [-0.05, 0) is 19.4 Å². The number of benzene rings is 1. The van der Waals surface area contributed by atoms with E-state index in [2.05, 4.69) is 15.9 Å². The molecule has 88 valence electrons. The monoisotopic (exact) mass is 291 g/mol. The number of ether oxygens (including phenoxy) is 1. The van der Waals surface area contributed by atoms with Crippen LogP contribution in [0.25, 0.3) is 0 Å². The van der Waals surface area contributed by atoms with Gasteiger partial charge in [0.2, 0.25) is 0 Å². The fraction of sp³-hybridized carbons (Fsp3) is 0.400. The molecular formula is C10H11BrFNO3. The van der Waals surface area contributed by atoms with Gasteiger partial charge in [0.05, 0.1) is 17.6 Å². The number of rotatable bonds is 5. The summed E-state index contributed by atoms with van der Waals surface area (Å²) in [6, 6.07) is 2.24. The van der Waals surface area contributed by atoms with Crippen molar-refractivity contribution in [2.45, 2.75) is 13.3 Å². The Labute approximate surface area is 101 Å². The number of hydrogen-bond donors (Lipinski definition) is 0. The predicted molar refractivity (Wildman–Crippen MR) is 61.7 cm³/mol. The highest BCUT2D eigenvalue weighted by atomic mass is 79.9. The quantitative estimate of drug-likeness (QED) is 0.362. The van der Waals surface area contributed by atoms with Gasteiger partial charge in [-0.1, -0.05) is 15.9 Å². The summed E-state index contributed by atoms with van der Waals surface area (Å²) < 4.78 is 18.5. The summed E-state index contributed by atoms with van der Waals surface area (Å²) in [6.07, 6.45) is 0.746. The van der Waals surface area contributed by atoms with Crippen molar-refractivity contribution in [3.8, 4) is 5.75 Å². The lowest BCUT2D eigenvalue weighted by molar-refractivity contribution is -0.385. The van der Waals surface area contributed by atoms with Crippen LogP contribution in [0.2, 0.25) is 0 Å². The first-order valence-corrected chi connectivity index (χ1v) is 5.81. The first-order valence-electron chi connectivity index (χ1n) is 4.69. The fourth-order valence-corrected chi connectivity index (χ4v) is 1.42. The molecule has 0 aromatic heterocycles. The second-order valence-corrected chi connectivity index (χ2v) is 4.01. The molecule has 0 radical (unpaired) electrons. The van der Waals surface area contributed by atoms with E-state index in [1.54, 1.807) is 6.92 Å². The lowest BCUT2D eigenvalue weighted by atomic mass is 10.2. The summed E-state index contributed by atoms with van der Waals surface area (Å²) in [5, 5.41) is 11.3. The zero-order valence-corrected chi connectivity index (χ0v) is 10.3. The van der Waals surface area contributed by atoms with Crippen molar-refractivity contribution in [2.24, 2.45) is 0 Å². The van der Waals surface area contributed by atoms with E-state index in [0.29, 0.717) is 12.2 Å². The van der Waals surface area contributed by atoms with Crippen LogP contribution in [0.3, 0.4) is 0 Å². The molecule has 0 saturated carbocycles. The summed E-state index contributed by atoms with van der Waals surface area (Å²) in [4.78, 5) is 9.93. The van der Waals surface area contributed by atoms with Crippen LogP contribution in [0, 0.1) is 22.9 Å². The summed E-state index contributed by atoms with van der Waals surface area (Å²) in [7, 11) is 0. The van der Waals surface area contributed by atoms with Crippen LogP contribution in [0.4, 0.5) is 10.1 Å². The fourth-order valence-electron chi connectivity index (χ4n) is 1.19. The van der Waals surface area contributed by atoms with E-state index in [4.69, 9.17) is 4.74 Å². The summed E-state index contributed by atoms with van der Waals surface area (Å²) in [6.45, 7) is 1.92. The third-order valence-electron chi connectivity index (χ3n) is 1.98. The van der Waals surface area contributed by atoms with Crippen LogP contribution in [0.5, 0.6) is 5.75 Å². The summed E-state index contributed by atoms with van der Waals surface area (Å²) in [5.74, 6) is -0.643. The molecular weight excluding hydrogens is 281 g/mol. The van der Waals surface area contributed by atoms with Gasteiger partial charge in [0.25, 0.3) is 5.69 Å². The Bertz CT molecular complexity index is 398. The summed E-state index contributed by atoms with van der Waals surface area (Å²) in [5.41, 5.74) is 0.158. The van der Waals surface area contributed by atoms with E-state index in [1.165, 1.54) is 6.07 Å². The topological polar surface area (TPSA) is 52.4 Å². The molecule has 1 aromatic carbocycles. The van der Waals surface area contributed by atoms with Gasteiger partial charge in [-0.2, -0.15) is 0 Å². The van der Waals surface area contributed by atoms with Gasteiger partial charge < -0.3 is 4.74 Å². The van der Waals surface area contributed by atoms with E-state index in [0.717, 1.165) is 17.8 Å². The maximum Gasteiger partial charge on any atom is 0.275 e. The van der Waals surface area contributed by atoms with E-state index in [1.807, 2.05) is 0 Å². The lowest BCUT2D eigenvalue weighted by Crippen LogP contribution is -2.01. The van der Waals surface area contributed by atoms with Crippen LogP contribution in [-0.4, -0.2) is 16.9 Å². The number of hydrogen-bond acceptors (Lipinski definition) is 3. The van der Waals surface area contributed by atoms with Gasteiger partial charge in [-0.3, -0.25) is 10.1 Å². The first kappa shape index (κ1) is 12.9. The van der Waals surface area contributed by atoms with Gasteiger partial charge >= 0.3 is 0 Å². The normalized spacial score (nSPS) is 10.2. The number of nitrogens with zero attached hydrogens (tertiary/aromatic N) is 1. The van der Waals surface area contributed by atoms with Gasteiger partial charge in [0.1, 0.15) is 0 Å². The third kappa shape index (κ3) is 3.16. The minimum atomic E-state index is -0.702. The average Bonchev–Trinajstić information content (AvgIpc) is 2.22. The van der Waals surface area contributed by atoms with Gasteiger partial charge in [-0.25, -0.2) is 4.39 Å². The SMILES string of the molecule is Cc1cc(OCCCBr)c(F)cc1[N+](=O)[O-]. The maximum absolute atomic E-state index is 13.4. The lowest BCUT2D eigenvalue weighted by Gasteiger charge is -2.07. The Morgan fingerprint density at radius 3 is 2.81 bits per heavy atom. The Kier molecular flexibility index (Phi) is 4.67. The molecule has 6 heteroatoms.